The molecule has 0 spiro atoms. The van der Waals surface area contributed by atoms with E-state index in [0.717, 1.165) is 22.3 Å². The normalized spacial score (nSPS) is 14.4. The molecule has 0 aliphatic carbocycles. The van der Waals surface area contributed by atoms with Crippen LogP contribution in [0.15, 0.2) is 174 Å². The fraction of sp³-hybridized carbons (Fsp3) is 0. The summed E-state index contributed by atoms with van der Waals surface area (Å²) in [6.07, 6.45) is 0. The third-order valence-electron chi connectivity index (χ3n) is 8.80. The van der Waals surface area contributed by atoms with Gasteiger partial charge in [0.2, 0.25) is 5.95 Å². The van der Waals surface area contributed by atoms with Gasteiger partial charge < -0.3 is 4.42 Å². The highest BCUT2D eigenvalue weighted by atomic mass is 16.3. The van der Waals surface area contributed by atoms with E-state index in [0.29, 0.717) is 11.1 Å². The molecule has 0 saturated carbocycles. The standard InChI is InChI=1S/C45H28N4O/c1-3-11-29(12-4-1)31-19-23-33(24-20-31)43-46-44(34-25-21-32(22-26-34)30-13-5-2-6-14-30)48-45(47-43)49-37-17-9-7-15-35(37)41-38(49)27-28-40-42(41)36-16-8-10-18-39(36)50-40/h1-28H/i7D,8D,9D,10D,15D,16D,17D,18D,27D,28D. The lowest BCUT2D eigenvalue weighted by molar-refractivity contribution is 0.669. The van der Waals surface area contributed by atoms with Crippen LogP contribution in [0.1, 0.15) is 13.7 Å². The quantitative estimate of drug-likeness (QED) is 0.186. The van der Waals surface area contributed by atoms with Crippen LogP contribution >= 0.6 is 0 Å². The Hall–Kier alpha value is -6.85. The summed E-state index contributed by atoms with van der Waals surface area (Å²) in [4.78, 5) is 14.8. The Morgan fingerprint density at radius 1 is 0.420 bits per heavy atom. The Kier molecular flexibility index (Phi) is 4.52. The molecule has 3 heterocycles. The molecule has 50 heavy (non-hydrogen) atoms. The highest BCUT2D eigenvalue weighted by Crippen LogP contribution is 2.41. The molecule has 7 aromatic carbocycles. The molecule has 0 unspecified atom stereocenters. The largest absolute Gasteiger partial charge is 0.456 e. The number of fused-ring (bicyclic) bond motifs is 7. The maximum absolute atomic E-state index is 9.43. The molecule has 3 aromatic heterocycles. The summed E-state index contributed by atoms with van der Waals surface area (Å²) in [5.74, 6) is 0.333. The minimum Gasteiger partial charge on any atom is -0.456 e. The summed E-state index contributed by atoms with van der Waals surface area (Å²) in [6, 6.07) is 29.9. The summed E-state index contributed by atoms with van der Waals surface area (Å²) in [7, 11) is 0. The van der Waals surface area contributed by atoms with E-state index in [9.17, 15) is 5.48 Å². The average molecular weight is 651 g/mol. The summed E-state index contributed by atoms with van der Waals surface area (Å²) in [5, 5.41) is -0.119. The topological polar surface area (TPSA) is 56.7 Å². The lowest BCUT2D eigenvalue weighted by Gasteiger charge is -2.12. The molecule has 234 valence electrons. The van der Waals surface area contributed by atoms with Crippen LogP contribution in [0.5, 0.6) is 0 Å². The van der Waals surface area contributed by atoms with Crippen molar-refractivity contribution >= 4 is 43.7 Å². The van der Waals surface area contributed by atoms with Gasteiger partial charge in [0.15, 0.2) is 11.6 Å². The summed E-state index contributed by atoms with van der Waals surface area (Å²) in [5.41, 5.74) is 4.49. The van der Waals surface area contributed by atoms with Crippen molar-refractivity contribution in [3.05, 3.63) is 170 Å². The molecule has 0 aliphatic rings. The van der Waals surface area contributed by atoms with E-state index in [1.54, 1.807) is 0 Å². The first-order chi connectivity index (χ1) is 28.9. The zero-order valence-electron chi connectivity index (χ0n) is 36.1. The molecule has 0 atom stereocenters. The monoisotopic (exact) mass is 650 g/mol. The number of para-hydroxylation sites is 2. The summed E-state index contributed by atoms with van der Waals surface area (Å²) in [6.45, 7) is 0. The molecular formula is C45H28N4O. The van der Waals surface area contributed by atoms with Gasteiger partial charge in [0.05, 0.1) is 24.7 Å². The third kappa shape index (κ3) is 4.60. The Labute approximate surface area is 301 Å². The smallest absolute Gasteiger partial charge is 0.238 e. The van der Waals surface area contributed by atoms with Crippen LogP contribution in [0.3, 0.4) is 0 Å². The number of rotatable bonds is 5. The average Bonchev–Trinajstić information content (AvgIpc) is 3.87. The molecule has 0 aliphatic heterocycles. The molecule has 0 fully saturated rings. The molecule has 10 aromatic rings. The third-order valence-corrected chi connectivity index (χ3v) is 8.80. The van der Waals surface area contributed by atoms with Crippen LogP contribution in [0.4, 0.5) is 0 Å². The lowest BCUT2D eigenvalue weighted by atomic mass is 10.0. The van der Waals surface area contributed by atoms with Gasteiger partial charge in [-0.2, -0.15) is 9.97 Å². The number of furan rings is 1. The second-order valence-electron chi connectivity index (χ2n) is 11.7. The van der Waals surface area contributed by atoms with Gasteiger partial charge in [0, 0.05) is 32.7 Å². The van der Waals surface area contributed by atoms with Gasteiger partial charge >= 0.3 is 0 Å². The van der Waals surface area contributed by atoms with Gasteiger partial charge in [-0.1, -0.05) is 145 Å². The number of nitrogens with zero attached hydrogens (tertiary/aromatic N) is 4. The highest BCUT2D eigenvalue weighted by molar-refractivity contribution is 6.27. The van der Waals surface area contributed by atoms with Gasteiger partial charge in [-0.25, -0.2) is 4.98 Å². The van der Waals surface area contributed by atoms with Gasteiger partial charge in [0.25, 0.3) is 0 Å². The molecule has 0 bridgehead atoms. The summed E-state index contributed by atoms with van der Waals surface area (Å²) >= 11 is 0. The Morgan fingerprint density at radius 2 is 0.940 bits per heavy atom. The SMILES string of the molecule is [2H]c1c([2H])c([2H])c2c(oc3c([2H])c([2H])c4c(c5c([2H])c([2H])c([2H])c([2H])c5n4-c4nc(-c5ccc(-c6ccccc6)cc5)nc(-c5ccc(-c6ccccc6)cc5)n4)c32)c1[2H]. The minimum absolute atomic E-state index is 0.00397. The number of hydrogen-bond acceptors (Lipinski definition) is 4. The fourth-order valence-electron chi connectivity index (χ4n) is 6.43. The Morgan fingerprint density at radius 3 is 1.56 bits per heavy atom. The number of benzene rings is 7. The van der Waals surface area contributed by atoms with Crippen molar-refractivity contribution in [1.29, 1.82) is 0 Å². The van der Waals surface area contributed by atoms with Gasteiger partial charge in [-0.15, -0.1) is 0 Å². The van der Waals surface area contributed by atoms with E-state index in [1.165, 1.54) is 4.57 Å². The van der Waals surface area contributed by atoms with Gasteiger partial charge in [-0.05, 0) is 46.4 Å². The van der Waals surface area contributed by atoms with Crippen LogP contribution in [0, 0.1) is 0 Å². The Bertz CT molecular complexity index is 3310. The zero-order chi connectivity index (χ0) is 41.7. The first-order valence-electron chi connectivity index (χ1n) is 20.9. The molecule has 0 saturated heterocycles. The zero-order valence-corrected chi connectivity index (χ0v) is 26.1. The van der Waals surface area contributed by atoms with Crippen LogP contribution in [0.2, 0.25) is 0 Å². The van der Waals surface area contributed by atoms with Crippen LogP contribution in [0.25, 0.3) is 94.7 Å². The van der Waals surface area contributed by atoms with Crippen LogP contribution in [-0.4, -0.2) is 19.5 Å². The van der Waals surface area contributed by atoms with Crippen molar-refractivity contribution in [1.82, 2.24) is 19.5 Å². The Balaban J connectivity index is 1.32. The number of hydrogen-bond donors (Lipinski definition) is 0. The molecule has 0 radical (unpaired) electrons. The van der Waals surface area contributed by atoms with Crippen molar-refractivity contribution in [2.75, 3.05) is 0 Å². The maximum Gasteiger partial charge on any atom is 0.238 e. The van der Waals surface area contributed by atoms with Gasteiger partial charge in [0.1, 0.15) is 11.2 Å². The first-order valence-corrected chi connectivity index (χ1v) is 15.9. The van der Waals surface area contributed by atoms with E-state index < -0.39 is 60.4 Å². The fourth-order valence-corrected chi connectivity index (χ4v) is 6.43. The van der Waals surface area contributed by atoms with Crippen molar-refractivity contribution in [2.45, 2.75) is 0 Å². The summed E-state index contributed by atoms with van der Waals surface area (Å²) < 4.78 is 96.1. The first kappa shape index (κ1) is 19.8. The van der Waals surface area contributed by atoms with Crippen LogP contribution in [-0.2, 0) is 0 Å². The van der Waals surface area contributed by atoms with E-state index in [2.05, 4.69) is 0 Å². The van der Waals surface area contributed by atoms with E-state index >= 15 is 0 Å². The minimum atomic E-state index is -0.565. The van der Waals surface area contributed by atoms with E-state index in [4.69, 9.17) is 27.6 Å². The van der Waals surface area contributed by atoms with Crippen molar-refractivity contribution in [2.24, 2.45) is 0 Å². The maximum atomic E-state index is 9.43. The second-order valence-corrected chi connectivity index (χ2v) is 11.7. The molecule has 5 heteroatoms. The molecule has 0 N–H and O–H groups in total. The predicted octanol–water partition coefficient (Wildman–Crippen LogP) is 11.5. The molecular weight excluding hydrogens is 613 g/mol. The van der Waals surface area contributed by atoms with Crippen molar-refractivity contribution in [3.63, 3.8) is 0 Å². The lowest BCUT2D eigenvalue weighted by Crippen LogP contribution is -2.06. The predicted molar refractivity (Wildman–Crippen MR) is 203 cm³/mol. The van der Waals surface area contributed by atoms with Crippen molar-refractivity contribution in [3.8, 4) is 51.0 Å². The molecule has 5 nitrogen and oxygen atoms in total. The highest BCUT2D eigenvalue weighted by Gasteiger charge is 2.21. The van der Waals surface area contributed by atoms with Gasteiger partial charge in [-0.3, -0.25) is 4.57 Å². The van der Waals surface area contributed by atoms with E-state index in [1.807, 2.05) is 109 Å². The second kappa shape index (κ2) is 11.4. The van der Waals surface area contributed by atoms with Crippen LogP contribution < -0.4 is 0 Å². The molecule has 10 rings (SSSR count). The number of aromatic nitrogens is 4. The molecule has 0 amide bonds. The van der Waals surface area contributed by atoms with Crippen molar-refractivity contribution < 1.29 is 18.1 Å². The van der Waals surface area contributed by atoms with E-state index in [-0.39, 0.29) is 61.3 Å².